The van der Waals surface area contributed by atoms with E-state index < -0.39 is 0 Å². The molecule has 17 heavy (non-hydrogen) atoms. The van der Waals surface area contributed by atoms with Crippen molar-refractivity contribution in [3.63, 3.8) is 0 Å². The van der Waals surface area contributed by atoms with E-state index in [1.807, 2.05) is 0 Å². The average molecular weight is 411 g/mol. The van der Waals surface area contributed by atoms with Crippen molar-refractivity contribution >= 4 is 12.4 Å². The average Bonchev–Trinajstić information content (AvgIpc) is 2.92. The van der Waals surface area contributed by atoms with Gasteiger partial charge in [-0.15, -0.1) is 11.4 Å². The molecule has 2 rings (SSSR count). The van der Waals surface area contributed by atoms with Crippen LogP contribution in [-0.4, -0.2) is 36.7 Å². The summed E-state index contributed by atoms with van der Waals surface area (Å²) in [5.74, 6) is 0. The second-order valence-electron chi connectivity index (χ2n) is 2.69. The first kappa shape index (κ1) is 15.4. The van der Waals surface area contributed by atoms with Crippen molar-refractivity contribution < 1.29 is 21.1 Å². The molecule has 0 fully saturated rings. The second-order valence-corrected chi connectivity index (χ2v) is 2.69. The number of aliphatic imine (C=N–C) groups is 2. The topological polar surface area (TPSA) is 78.7 Å². The number of nitrogens with zero attached hydrogens (tertiary/aromatic N) is 6. The van der Waals surface area contributed by atoms with E-state index in [0.29, 0.717) is 0 Å². The van der Waals surface area contributed by atoms with Gasteiger partial charge in [-0.2, -0.15) is 0 Å². The van der Waals surface area contributed by atoms with Gasteiger partial charge in [0.05, 0.1) is 0 Å². The summed E-state index contributed by atoms with van der Waals surface area (Å²) in [6.07, 6.45) is 6.59. The quantitative estimate of drug-likeness (QED) is 0.661. The number of rotatable bonds is 2. The molecule has 6 nitrogen and oxygen atoms in total. The third kappa shape index (κ3) is 6.58. The monoisotopic (exact) mass is 411 g/mol. The standard InChI is InChI=1S/2C5H6N3.Pt/c2*1-6-4-5-2-3-7-8-5;/h2*2-4H,1H3;/q2*-1;+2. The molecule has 2 aromatic rings. The Morgan fingerprint density at radius 3 is 1.59 bits per heavy atom. The van der Waals surface area contributed by atoms with E-state index in [9.17, 15) is 0 Å². The van der Waals surface area contributed by atoms with Gasteiger partial charge in [-0.25, -0.2) is 0 Å². The van der Waals surface area contributed by atoms with Crippen molar-refractivity contribution in [2.75, 3.05) is 14.1 Å². The third-order valence-electron chi connectivity index (χ3n) is 1.49. The van der Waals surface area contributed by atoms with Gasteiger partial charge >= 0.3 is 21.1 Å². The zero-order valence-electron chi connectivity index (χ0n) is 9.46. The van der Waals surface area contributed by atoms with Crippen LogP contribution in [0.25, 0.3) is 0 Å². The summed E-state index contributed by atoms with van der Waals surface area (Å²) >= 11 is 0. The van der Waals surface area contributed by atoms with E-state index in [-0.39, 0.29) is 21.1 Å². The van der Waals surface area contributed by atoms with Crippen LogP contribution in [-0.2, 0) is 21.1 Å². The van der Waals surface area contributed by atoms with Gasteiger partial charge in [0.2, 0.25) is 0 Å². The van der Waals surface area contributed by atoms with E-state index >= 15 is 0 Å². The Morgan fingerprint density at radius 2 is 1.35 bits per heavy atom. The zero-order valence-corrected chi connectivity index (χ0v) is 11.7. The molecule has 0 atom stereocenters. The van der Waals surface area contributed by atoms with Gasteiger partial charge in [0.25, 0.3) is 0 Å². The maximum Gasteiger partial charge on any atom is 2.00 e. The Morgan fingerprint density at radius 1 is 0.941 bits per heavy atom. The summed E-state index contributed by atoms with van der Waals surface area (Å²) in [5.41, 5.74) is 1.63. The molecule has 2 heterocycles. The fourth-order valence-electron chi connectivity index (χ4n) is 0.888. The van der Waals surface area contributed by atoms with Crippen LogP contribution in [0.5, 0.6) is 0 Å². The largest absolute Gasteiger partial charge is 2.00 e. The first-order valence-electron chi connectivity index (χ1n) is 4.60. The van der Waals surface area contributed by atoms with Crippen molar-refractivity contribution in [1.29, 1.82) is 0 Å². The van der Waals surface area contributed by atoms with Gasteiger partial charge in [0.15, 0.2) is 0 Å². The van der Waals surface area contributed by atoms with Crippen LogP contribution in [0.3, 0.4) is 0 Å². The predicted molar refractivity (Wildman–Crippen MR) is 62.2 cm³/mol. The maximum atomic E-state index is 3.75. The number of aromatic nitrogens is 4. The SMILES string of the molecule is CN=Cc1ccn[n-]1.CN=Cc1ccn[n-]1.[Pt+2]. The van der Waals surface area contributed by atoms with Gasteiger partial charge in [0.1, 0.15) is 0 Å². The molecule has 0 amide bonds. The Balaban J connectivity index is 0.000000284. The molecule has 0 N–H and O–H groups in total. The molecule has 0 aliphatic heterocycles. The Labute approximate surface area is 114 Å². The van der Waals surface area contributed by atoms with Crippen LogP contribution < -0.4 is 10.2 Å². The Kier molecular flexibility index (Phi) is 8.78. The molecule has 0 aliphatic carbocycles. The first-order chi connectivity index (χ1) is 7.86. The molecule has 0 saturated carbocycles. The molecule has 0 saturated heterocycles. The van der Waals surface area contributed by atoms with Crippen LogP contribution in [0.2, 0.25) is 0 Å². The van der Waals surface area contributed by atoms with Crippen LogP contribution in [0.1, 0.15) is 11.4 Å². The summed E-state index contributed by atoms with van der Waals surface area (Å²) < 4.78 is 0. The summed E-state index contributed by atoms with van der Waals surface area (Å²) in [6.45, 7) is 0. The van der Waals surface area contributed by atoms with Crippen LogP contribution >= 0.6 is 0 Å². The van der Waals surface area contributed by atoms with Gasteiger partial charge in [0, 0.05) is 38.9 Å². The maximum absolute atomic E-state index is 3.75. The molecule has 92 valence electrons. The van der Waals surface area contributed by atoms with Gasteiger partial charge in [-0.1, -0.05) is 12.1 Å². The molecule has 0 radical (unpaired) electrons. The van der Waals surface area contributed by atoms with Crippen molar-refractivity contribution in [3.05, 3.63) is 35.9 Å². The number of hydrogen-bond acceptors (Lipinski definition) is 4. The third-order valence-corrected chi connectivity index (χ3v) is 1.49. The molecule has 0 aromatic carbocycles. The molecule has 0 bridgehead atoms. The molecule has 0 aliphatic rings. The van der Waals surface area contributed by atoms with Gasteiger partial charge < -0.3 is 20.4 Å². The van der Waals surface area contributed by atoms with Crippen LogP contribution in [0, 0.1) is 0 Å². The first-order valence-corrected chi connectivity index (χ1v) is 4.60. The van der Waals surface area contributed by atoms with Gasteiger partial charge in [-0.3, -0.25) is 9.98 Å². The van der Waals surface area contributed by atoms with Gasteiger partial charge in [-0.05, 0) is 0 Å². The molecule has 2 aromatic heterocycles. The van der Waals surface area contributed by atoms with Crippen LogP contribution in [0.4, 0.5) is 0 Å². The van der Waals surface area contributed by atoms with Crippen molar-refractivity contribution in [2.24, 2.45) is 9.98 Å². The van der Waals surface area contributed by atoms with E-state index in [0.717, 1.165) is 11.4 Å². The van der Waals surface area contributed by atoms with Crippen molar-refractivity contribution in [2.45, 2.75) is 0 Å². The summed E-state index contributed by atoms with van der Waals surface area (Å²) in [7, 11) is 3.41. The molecule has 7 heteroatoms. The normalized spacial score (nSPS) is 10.0. The van der Waals surface area contributed by atoms with E-state index in [1.54, 1.807) is 51.1 Å². The Bertz CT molecular complexity index is 375. The summed E-state index contributed by atoms with van der Waals surface area (Å²) in [5, 5.41) is 14.6. The smallest absolute Gasteiger partial charge is 0.574 e. The zero-order chi connectivity index (χ0) is 11.6. The summed E-state index contributed by atoms with van der Waals surface area (Å²) in [4.78, 5) is 7.50. The van der Waals surface area contributed by atoms with E-state index in [1.165, 1.54) is 0 Å². The molecular formula is C10H12N6Pt. The molecule has 0 spiro atoms. The second kappa shape index (κ2) is 9.66. The predicted octanol–water partition coefficient (Wildman–Crippen LogP) is 0.172. The summed E-state index contributed by atoms with van der Waals surface area (Å²) in [6, 6.07) is 3.60. The Hall–Kier alpha value is -1.55. The van der Waals surface area contributed by atoms with Crippen molar-refractivity contribution in [1.82, 2.24) is 20.4 Å². The minimum atomic E-state index is 0. The van der Waals surface area contributed by atoms with Crippen LogP contribution in [0.15, 0.2) is 34.5 Å². The minimum absolute atomic E-state index is 0. The van der Waals surface area contributed by atoms with E-state index in [4.69, 9.17) is 0 Å². The fraction of sp³-hybridized carbons (Fsp3) is 0.200. The fourth-order valence-corrected chi connectivity index (χ4v) is 0.888. The minimum Gasteiger partial charge on any atom is -0.574 e. The van der Waals surface area contributed by atoms with Crippen molar-refractivity contribution in [3.8, 4) is 0 Å². The molecule has 0 unspecified atom stereocenters. The molecular weight excluding hydrogens is 399 g/mol. The van der Waals surface area contributed by atoms with E-state index in [2.05, 4.69) is 30.4 Å². The number of hydrogen-bond donors (Lipinski definition) is 0.